The van der Waals surface area contributed by atoms with E-state index in [4.69, 9.17) is 23.2 Å². The largest absolute Gasteiger partial charge is 0.219 e. The van der Waals surface area contributed by atoms with E-state index in [-0.39, 0.29) is 5.41 Å². The molecule has 1 heterocycles. The van der Waals surface area contributed by atoms with Crippen molar-refractivity contribution in [1.82, 2.24) is 9.97 Å². The van der Waals surface area contributed by atoms with Gasteiger partial charge in [-0.25, -0.2) is 9.97 Å². The van der Waals surface area contributed by atoms with Gasteiger partial charge in [-0.1, -0.05) is 44.0 Å². The minimum Gasteiger partial charge on any atom is -0.219 e. The monoisotopic (exact) mass is 330 g/mol. The lowest BCUT2D eigenvalue weighted by Gasteiger charge is -2.16. The maximum atomic E-state index is 5.88. The normalized spacial score (nSPS) is 11.8. The van der Waals surface area contributed by atoms with Crippen molar-refractivity contribution in [3.05, 3.63) is 19.7 Å². The number of aromatic nitrogens is 2. The van der Waals surface area contributed by atoms with Gasteiger partial charge in [-0.2, -0.15) is 0 Å². The van der Waals surface area contributed by atoms with Crippen LogP contribution in [0.4, 0.5) is 0 Å². The van der Waals surface area contributed by atoms with Crippen LogP contribution in [0.25, 0.3) is 0 Å². The van der Waals surface area contributed by atoms with E-state index in [1.54, 1.807) is 0 Å². The molecule has 0 atom stereocenters. The van der Waals surface area contributed by atoms with E-state index in [9.17, 15) is 0 Å². The van der Waals surface area contributed by atoms with Gasteiger partial charge in [0.05, 0.1) is 3.57 Å². The highest BCUT2D eigenvalue weighted by atomic mass is 127. The van der Waals surface area contributed by atoms with Crippen LogP contribution >= 0.6 is 45.8 Å². The average molecular weight is 331 g/mol. The Bertz CT molecular complexity index is 310. The van der Waals surface area contributed by atoms with Gasteiger partial charge in [0.25, 0.3) is 0 Å². The molecule has 0 aromatic carbocycles. The smallest absolute Gasteiger partial charge is 0.147 e. The molecule has 0 aliphatic heterocycles. The summed E-state index contributed by atoms with van der Waals surface area (Å²) >= 11 is 13.8. The predicted octanol–water partition coefficient (Wildman–Crippen LogP) is 3.69. The van der Waals surface area contributed by atoms with Crippen molar-refractivity contribution >= 4 is 45.8 Å². The molecular formula is C8H9Cl2IN2. The zero-order valence-corrected chi connectivity index (χ0v) is 11.2. The van der Waals surface area contributed by atoms with Gasteiger partial charge in [-0.15, -0.1) is 0 Å². The Morgan fingerprint density at radius 3 is 1.77 bits per heavy atom. The first kappa shape index (κ1) is 11.5. The second kappa shape index (κ2) is 3.87. The fourth-order valence-corrected chi connectivity index (χ4v) is 1.36. The molecule has 0 N–H and O–H groups in total. The molecule has 13 heavy (non-hydrogen) atoms. The van der Waals surface area contributed by atoms with Crippen LogP contribution in [-0.2, 0) is 5.41 Å². The summed E-state index contributed by atoms with van der Waals surface area (Å²) in [5, 5.41) is 0.844. The minimum atomic E-state index is -0.127. The highest BCUT2D eigenvalue weighted by Gasteiger charge is 2.20. The molecule has 0 bridgehead atoms. The Morgan fingerprint density at radius 2 is 1.46 bits per heavy atom. The minimum absolute atomic E-state index is 0.127. The molecule has 1 aromatic rings. The summed E-state index contributed by atoms with van der Waals surface area (Å²) in [6.45, 7) is 6.05. The van der Waals surface area contributed by atoms with Crippen LogP contribution in [0.3, 0.4) is 0 Å². The standard InChI is InChI=1S/C8H9Cl2IN2/c1-8(2,3)7-12-5(9)4(11)6(10)13-7/h1-3H3. The molecule has 0 spiro atoms. The zero-order chi connectivity index (χ0) is 10.2. The van der Waals surface area contributed by atoms with Crippen molar-refractivity contribution in [3.63, 3.8) is 0 Å². The van der Waals surface area contributed by atoms with E-state index < -0.39 is 0 Å². The van der Waals surface area contributed by atoms with Gasteiger partial charge in [-0.3, -0.25) is 0 Å². The molecule has 1 rings (SSSR count). The zero-order valence-electron chi connectivity index (χ0n) is 7.53. The fraction of sp³-hybridized carbons (Fsp3) is 0.500. The van der Waals surface area contributed by atoms with Gasteiger partial charge in [0.1, 0.15) is 16.1 Å². The Balaban J connectivity index is 3.29. The summed E-state index contributed by atoms with van der Waals surface area (Å²) < 4.78 is 0.703. The van der Waals surface area contributed by atoms with Crippen molar-refractivity contribution < 1.29 is 0 Å². The van der Waals surface area contributed by atoms with Crippen molar-refractivity contribution in [2.75, 3.05) is 0 Å². The third-order valence-corrected chi connectivity index (χ3v) is 3.65. The molecule has 0 unspecified atom stereocenters. The van der Waals surface area contributed by atoms with Crippen molar-refractivity contribution in [2.45, 2.75) is 26.2 Å². The van der Waals surface area contributed by atoms with Gasteiger partial charge in [0.15, 0.2) is 0 Å². The van der Waals surface area contributed by atoms with Gasteiger partial charge in [-0.05, 0) is 22.6 Å². The maximum Gasteiger partial charge on any atom is 0.147 e. The van der Waals surface area contributed by atoms with E-state index >= 15 is 0 Å². The predicted molar refractivity (Wildman–Crippen MR) is 63.5 cm³/mol. The first-order chi connectivity index (χ1) is 5.82. The molecule has 0 fully saturated rings. The van der Waals surface area contributed by atoms with E-state index in [0.29, 0.717) is 19.7 Å². The van der Waals surface area contributed by atoms with Crippen LogP contribution in [0, 0.1) is 3.57 Å². The van der Waals surface area contributed by atoms with Crippen molar-refractivity contribution in [2.24, 2.45) is 0 Å². The highest BCUT2D eigenvalue weighted by molar-refractivity contribution is 14.1. The molecule has 0 aliphatic carbocycles. The van der Waals surface area contributed by atoms with Crippen LogP contribution in [0.15, 0.2) is 0 Å². The van der Waals surface area contributed by atoms with E-state index in [1.165, 1.54) is 0 Å². The summed E-state index contributed by atoms with van der Waals surface area (Å²) in [6.07, 6.45) is 0. The molecule has 1 aromatic heterocycles. The maximum absolute atomic E-state index is 5.88. The third-order valence-electron chi connectivity index (χ3n) is 1.44. The number of hydrogen-bond donors (Lipinski definition) is 0. The van der Waals surface area contributed by atoms with E-state index in [0.717, 1.165) is 0 Å². The third kappa shape index (κ3) is 2.67. The summed E-state index contributed by atoms with van der Waals surface area (Å²) in [7, 11) is 0. The molecule has 5 heteroatoms. The lowest BCUT2D eigenvalue weighted by Crippen LogP contribution is -2.16. The van der Waals surface area contributed by atoms with E-state index in [1.807, 2.05) is 43.4 Å². The first-order valence-electron chi connectivity index (χ1n) is 3.71. The van der Waals surface area contributed by atoms with Crippen LogP contribution < -0.4 is 0 Å². The second-order valence-electron chi connectivity index (χ2n) is 3.69. The van der Waals surface area contributed by atoms with E-state index in [2.05, 4.69) is 9.97 Å². The number of rotatable bonds is 0. The second-order valence-corrected chi connectivity index (χ2v) is 5.49. The number of hydrogen-bond acceptors (Lipinski definition) is 2. The van der Waals surface area contributed by atoms with Gasteiger partial charge in [0, 0.05) is 5.41 Å². The molecular weight excluding hydrogens is 322 g/mol. The highest BCUT2D eigenvalue weighted by Crippen LogP contribution is 2.27. The quantitative estimate of drug-likeness (QED) is 0.535. The van der Waals surface area contributed by atoms with Crippen molar-refractivity contribution in [3.8, 4) is 0 Å². The molecule has 0 saturated heterocycles. The molecule has 0 saturated carbocycles. The molecule has 0 radical (unpaired) electrons. The molecule has 2 nitrogen and oxygen atoms in total. The molecule has 0 amide bonds. The Hall–Kier alpha value is 0.390. The van der Waals surface area contributed by atoms with Crippen molar-refractivity contribution in [1.29, 1.82) is 0 Å². The SMILES string of the molecule is CC(C)(C)c1nc(Cl)c(I)c(Cl)n1. The van der Waals surface area contributed by atoms with Crippen LogP contribution in [0.2, 0.25) is 10.3 Å². The van der Waals surface area contributed by atoms with Gasteiger partial charge < -0.3 is 0 Å². The Morgan fingerprint density at radius 1 is 1.08 bits per heavy atom. The Labute approximate surface area is 101 Å². The van der Waals surface area contributed by atoms with Crippen LogP contribution in [0.5, 0.6) is 0 Å². The lowest BCUT2D eigenvalue weighted by atomic mass is 9.96. The number of halogens is 3. The lowest BCUT2D eigenvalue weighted by molar-refractivity contribution is 0.544. The van der Waals surface area contributed by atoms with Gasteiger partial charge in [0.2, 0.25) is 0 Å². The summed E-state index contributed by atoms with van der Waals surface area (Å²) in [6, 6.07) is 0. The Kier molecular flexibility index (Phi) is 3.41. The first-order valence-corrected chi connectivity index (χ1v) is 5.55. The van der Waals surface area contributed by atoms with Crippen LogP contribution in [0.1, 0.15) is 26.6 Å². The topological polar surface area (TPSA) is 25.8 Å². The number of nitrogens with zero attached hydrogens (tertiary/aromatic N) is 2. The summed E-state index contributed by atoms with van der Waals surface area (Å²) in [5.74, 6) is 0.669. The molecule has 0 aliphatic rings. The molecule has 72 valence electrons. The van der Waals surface area contributed by atoms with Crippen LogP contribution in [-0.4, -0.2) is 9.97 Å². The fourth-order valence-electron chi connectivity index (χ4n) is 0.730. The average Bonchev–Trinajstić information content (AvgIpc) is 1.97. The summed E-state index contributed by atoms with van der Waals surface area (Å²) in [4.78, 5) is 8.33. The van der Waals surface area contributed by atoms with Gasteiger partial charge >= 0.3 is 0 Å². The summed E-state index contributed by atoms with van der Waals surface area (Å²) in [5.41, 5.74) is -0.127.